The largest absolute Gasteiger partial charge is 0.366 e. The second-order valence-corrected chi connectivity index (χ2v) is 4.82. The summed E-state index contributed by atoms with van der Waals surface area (Å²) < 4.78 is 0. The van der Waals surface area contributed by atoms with Gasteiger partial charge in [0.15, 0.2) is 0 Å². The fraction of sp³-hybridized carbons (Fsp3) is 0.417. The van der Waals surface area contributed by atoms with Gasteiger partial charge in [0.05, 0.1) is 0 Å². The number of amides is 1. The Kier molecular flexibility index (Phi) is 0.944. The van der Waals surface area contributed by atoms with Crippen molar-refractivity contribution >= 4 is 5.91 Å². The maximum atomic E-state index is 11.0. The maximum absolute atomic E-state index is 11.0. The van der Waals surface area contributed by atoms with Gasteiger partial charge in [0.2, 0.25) is 5.91 Å². The van der Waals surface area contributed by atoms with E-state index in [0.29, 0.717) is 5.56 Å². The zero-order chi connectivity index (χ0) is 9.45. The van der Waals surface area contributed by atoms with Gasteiger partial charge in [0.1, 0.15) is 0 Å². The van der Waals surface area contributed by atoms with Crippen molar-refractivity contribution in [3.63, 3.8) is 0 Å². The number of fused-ring (bicyclic) bond motifs is 4. The second-order valence-electron chi connectivity index (χ2n) is 4.82. The van der Waals surface area contributed by atoms with Crippen molar-refractivity contribution in [2.24, 2.45) is 17.6 Å². The van der Waals surface area contributed by atoms with Crippen molar-refractivity contribution in [3.05, 3.63) is 34.9 Å². The first kappa shape index (κ1) is 7.04. The highest BCUT2D eigenvalue weighted by Crippen LogP contribution is 2.78. The summed E-state index contributed by atoms with van der Waals surface area (Å²) in [7, 11) is 0. The Morgan fingerprint density at radius 2 is 2.21 bits per heavy atom. The number of nitrogens with two attached hydrogens (primary N) is 1. The monoisotopic (exact) mass is 185 g/mol. The summed E-state index contributed by atoms with van der Waals surface area (Å²) in [5.74, 6) is 3.24. The van der Waals surface area contributed by atoms with Gasteiger partial charge >= 0.3 is 0 Å². The Morgan fingerprint density at radius 1 is 1.36 bits per heavy atom. The molecule has 14 heavy (non-hydrogen) atoms. The molecule has 0 aromatic heterocycles. The molecule has 3 aliphatic carbocycles. The number of carbonyl (C=O) groups excluding carboxylic acids is 1. The first-order chi connectivity index (χ1) is 6.77. The minimum Gasteiger partial charge on any atom is -0.366 e. The van der Waals surface area contributed by atoms with Crippen LogP contribution >= 0.6 is 0 Å². The van der Waals surface area contributed by atoms with E-state index in [4.69, 9.17) is 5.73 Å². The smallest absolute Gasteiger partial charge is 0.248 e. The van der Waals surface area contributed by atoms with Crippen molar-refractivity contribution in [2.45, 2.75) is 18.3 Å². The summed E-state index contributed by atoms with van der Waals surface area (Å²) in [5.41, 5.74) is 8.86. The topological polar surface area (TPSA) is 43.1 Å². The van der Waals surface area contributed by atoms with E-state index in [0.717, 1.165) is 23.7 Å². The molecule has 1 amide bonds. The molecule has 0 saturated heterocycles. The summed E-state index contributed by atoms with van der Waals surface area (Å²) in [5, 5.41) is 0. The molecule has 0 bridgehead atoms. The van der Waals surface area contributed by atoms with Crippen molar-refractivity contribution in [3.8, 4) is 0 Å². The van der Waals surface area contributed by atoms with Crippen LogP contribution in [0.2, 0.25) is 0 Å². The number of benzene rings is 1. The van der Waals surface area contributed by atoms with Crippen LogP contribution in [0.1, 0.15) is 39.7 Å². The van der Waals surface area contributed by atoms with E-state index in [1.54, 1.807) is 0 Å². The lowest BCUT2D eigenvalue weighted by Gasteiger charge is -2.26. The predicted molar refractivity (Wildman–Crippen MR) is 52.0 cm³/mol. The number of rotatable bonds is 1. The molecule has 0 spiro atoms. The molecule has 0 unspecified atom stereocenters. The van der Waals surface area contributed by atoms with Crippen molar-refractivity contribution in [1.82, 2.24) is 0 Å². The molecule has 0 radical (unpaired) electrons. The van der Waals surface area contributed by atoms with Gasteiger partial charge < -0.3 is 5.73 Å². The minimum absolute atomic E-state index is 0.302. The fourth-order valence-corrected chi connectivity index (χ4v) is 3.63. The SMILES string of the molecule is NC(=O)c1ccc2c(c1)[C@@H]1C[C@@H]3[C@H]2[C@H]31. The number of carbonyl (C=O) groups is 1. The molecule has 70 valence electrons. The van der Waals surface area contributed by atoms with Crippen LogP contribution in [0, 0.1) is 11.8 Å². The van der Waals surface area contributed by atoms with Crippen LogP contribution in [-0.2, 0) is 0 Å². The standard InChI is InChI=1S/C12H11NO/c13-12(14)5-1-2-6-7(3-5)8-4-9-10(6)11(8)9/h1-3,8-11H,4H2,(H2,13,14)/t8-,9+,10-,11-/m0/s1. The van der Waals surface area contributed by atoms with E-state index in [9.17, 15) is 4.79 Å². The molecule has 3 aliphatic rings. The molecular formula is C12H11NO. The molecule has 1 aromatic carbocycles. The van der Waals surface area contributed by atoms with E-state index in [2.05, 4.69) is 6.07 Å². The van der Waals surface area contributed by atoms with Gasteiger partial charge in [0.25, 0.3) is 0 Å². The molecule has 2 heteroatoms. The Bertz CT molecular complexity index is 465. The van der Waals surface area contributed by atoms with E-state index in [1.807, 2.05) is 12.1 Å². The van der Waals surface area contributed by atoms with Crippen LogP contribution in [0.5, 0.6) is 0 Å². The van der Waals surface area contributed by atoms with Gasteiger partial charge in [-0.3, -0.25) is 4.79 Å². The summed E-state index contributed by atoms with van der Waals surface area (Å²) in [6.45, 7) is 0. The lowest BCUT2D eigenvalue weighted by molar-refractivity contribution is 0.1000. The van der Waals surface area contributed by atoms with Gasteiger partial charge in [-0.15, -0.1) is 0 Å². The quantitative estimate of drug-likeness (QED) is 0.709. The van der Waals surface area contributed by atoms with Gasteiger partial charge in [-0.2, -0.15) is 0 Å². The summed E-state index contributed by atoms with van der Waals surface area (Å²) in [6, 6.07) is 6.01. The molecule has 2 saturated carbocycles. The van der Waals surface area contributed by atoms with E-state index >= 15 is 0 Å². The first-order valence-corrected chi connectivity index (χ1v) is 5.21. The van der Waals surface area contributed by atoms with Crippen LogP contribution in [0.3, 0.4) is 0 Å². The van der Waals surface area contributed by atoms with Crippen molar-refractivity contribution in [2.75, 3.05) is 0 Å². The highest BCUT2D eigenvalue weighted by atomic mass is 16.1. The lowest BCUT2D eigenvalue weighted by Crippen LogP contribution is -2.17. The van der Waals surface area contributed by atoms with Crippen molar-refractivity contribution in [1.29, 1.82) is 0 Å². The molecule has 2 fully saturated rings. The third-order valence-corrected chi connectivity index (χ3v) is 4.35. The van der Waals surface area contributed by atoms with Crippen LogP contribution < -0.4 is 5.73 Å². The molecule has 2 N–H and O–H groups in total. The maximum Gasteiger partial charge on any atom is 0.248 e. The highest BCUT2D eigenvalue weighted by Gasteiger charge is 2.68. The third kappa shape index (κ3) is 0.578. The normalized spacial score (nSPS) is 39.7. The molecule has 0 heterocycles. The molecule has 4 atom stereocenters. The van der Waals surface area contributed by atoms with Crippen LogP contribution in [0.15, 0.2) is 18.2 Å². The van der Waals surface area contributed by atoms with Crippen LogP contribution in [0.25, 0.3) is 0 Å². The average molecular weight is 185 g/mol. The Morgan fingerprint density at radius 3 is 3.00 bits per heavy atom. The zero-order valence-electron chi connectivity index (χ0n) is 7.73. The molecule has 4 rings (SSSR count). The van der Waals surface area contributed by atoms with E-state index in [-0.39, 0.29) is 5.91 Å². The summed E-state index contributed by atoms with van der Waals surface area (Å²) in [4.78, 5) is 11.0. The lowest BCUT2D eigenvalue weighted by atomic mass is 9.78. The molecule has 0 aliphatic heterocycles. The zero-order valence-corrected chi connectivity index (χ0v) is 7.73. The van der Waals surface area contributed by atoms with Crippen molar-refractivity contribution < 1.29 is 4.79 Å². The fourth-order valence-electron chi connectivity index (χ4n) is 3.63. The van der Waals surface area contributed by atoms with E-state index < -0.39 is 0 Å². The Hall–Kier alpha value is -1.31. The summed E-state index contributed by atoms with van der Waals surface area (Å²) >= 11 is 0. The van der Waals surface area contributed by atoms with Gasteiger partial charge in [-0.05, 0) is 53.4 Å². The number of primary amides is 1. The highest BCUT2D eigenvalue weighted by molar-refractivity contribution is 5.93. The molecule has 1 aromatic rings. The number of hydrogen-bond acceptors (Lipinski definition) is 1. The summed E-state index contributed by atoms with van der Waals surface area (Å²) in [6.07, 6.45) is 1.35. The molecular weight excluding hydrogens is 174 g/mol. The number of hydrogen-bond donors (Lipinski definition) is 1. The van der Waals surface area contributed by atoms with E-state index in [1.165, 1.54) is 17.5 Å². The van der Waals surface area contributed by atoms with Crippen LogP contribution in [-0.4, -0.2) is 5.91 Å². The average Bonchev–Trinajstić information content (AvgIpc) is 2.62. The van der Waals surface area contributed by atoms with Gasteiger partial charge in [-0.1, -0.05) is 6.07 Å². The minimum atomic E-state index is -0.302. The third-order valence-electron chi connectivity index (χ3n) is 4.35. The second kappa shape index (κ2) is 1.88. The Labute approximate surface area is 82.1 Å². The van der Waals surface area contributed by atoms with Gasteiger partial charge in [-0.25, -0.2) is 0 Å². The first-order valence-electron chi connectivity index (χ1n) is 5.21. The van der Waals surface area contributed by atoms with Gasteiger partial charge in [0, 0.05) is 5.56 Å². The molecule has 2 nitrogen and oxygen atoms in total. The Balaban J connectivity index is 1.90. The predicted octanol–water partition coefficient (Wildman–Crippen LogP) is 1.62. The van der Waals surface area contributed by atoms with Crippen LogP contribution in [0.4, 0.5) is 0 Å².